The molecule has 2 N–H and O–H groups in total. The van der Waals surface area contributed by atoms with E-state index in [0.717, 1.165) is 22.8 Å². The number of hydrogen-bond donors (Lipinski definition) is 1. The van der Waals surface area contributed by atoms with Crippen molar-refractivity contribution in [2.45, 2.75) is 6.61 Å². The summed E-state index contributed by atoms with van der Waals surface area (Å²) in [6, 6.07) is 11.4. The van der Waals surface area contributed by atoms with Gasteiger partial charge in [-0.1, -0.05) is 12.1 Å². The van der Waals surface area contributed by atoms with Gasteiger partial charge in [0.15, 0.2) is 0 Å². The second-order valence-corrected chi connectivity index (χ2v) is 3.32. The minimum absolute atomic E-state index is 0.488. The van der Waals surface area contributed by atoms with Crippen molar-refractivity contribution < 1.29 is 9.15 Å². The molecular weight excluding hydrogens is 190 g/mol. The molecule has 1 heterocycles. The van der Waals surface area contributed by atoms with Crippen LogP contribution >= 0.6 is 0 Å². The molecule has 0 saturated carbocycles. The quantitative estimate of drug-likeness (QED) is 0.780. The molecule has 2 aromatic rings. The first-order chi connectivity index (χ1) is 7.29. The number of rotatable bonds is 3. The van der Waals surface area contributed by atoms with Crippen LogP contribution in [0.4, 0.5) is 5.69 Å². The van der Waals surface area contributed by atoms with Crippen molar-refractivity contribution in [2.24, 2.45) is 0 Å². The summed E-state index contributed by atoms with van der Waals surface area (Å²) in [6.45, 7) is 0.488. The Morgan fingerprint density at radius 1 is 1.27 bits per heavy atom. The van der Waals surface area contributed by atoms with Gasteiger partial charge in [-0.25, -0.2) is 0 Å². The van der Waals surface area contributed by atoms with Gasteiger partial charge < -0.3 is 14.9 Å². The maximum atomic E-state index is 5.70. The van der Waals surface area contributed by atoms with Crippen LogP contribution in [-0.2, 0) is 11.3 Å². The lowest BCUT2D eigenvalue weighted by molar-refractivity contribution is 0.165. The van der Waals surface area contributed by atoms with Crippen molar-refractivity contribution in [3.63, 3.8) is 0 Å². The topological polar surface area (TPSA) is 48.4 Å². The van der Waals surface area contributed by atoms with Gasteiger partial charge in [0.05, 0.1) is 0 Å². The van der Waals surface area contributed by atoms with E-state index in [4.69, 9.17) is 14.9 Å². The highest BCUT2D eigenvalue weighted by molar-refractivity contribution is 5.62. The predicted molar refractivity (Wildman–Crippen MR) is 59.3 cm³/mol. The molecule has 0 aliphatic heterocycles. The molecule has 0 spiro atoms. The highest BCUT2D eigenvalue weighted by atomic mass is 16.5. The summed E-state index contributed by atoms with van der Waals surface area (Å²) in [5.74, 6) is 1.63. The second kappa shape index (κ2) is 4.19. The first-order valence-corrected chi connectivity index (χ1v) is 4.73. The van der Waals surface area contributed by atoms with Crippen LogP contribution in [0.2, 0.25) is 0 Å². The summed E-state index contributed by atoms with van der Waals surface area (Å²) in [5.41, 5.74) is 7.41. The van der Waals surface area contributed by atoms with Gasteiger partial charge in [-0.2, -0.15) is 0 Å². The van der Waals surface area contributed by atoms with Crippen LogP contribution in [-0.4, -0.2) is 7.11 Å². The molecule has 0 saturated heterocycles. The van der Waals surface area contributed by atoms with E-state index in [9.17, 15) is 0 Å². The number of hydrogen-bond acceptors (Lipinski definition) is 3. The summed E-state index contributed by atoms with van der Waals surface area (Å²) in [4.78, 5) is 0. The number of anilines is 1. The Morgan fingerprint density at radius 3 is 2.87 bits per heavy atom. The molecule has 0 atom stereocenters. The van der Waals surface area contributed by atoms with E-state index >= 15 is 0 Å². The summed E-state index contributed by atoms with van der Waals surface area (Å²) >= 11 is 0. The maximum Gasteiger partial charge on any atom is 0.134 e. The molecule has 0 fully saturated rings. The Balaban J connectivity index is 2.29. The average molecular weight is 203 g/mol. The van der Waals surface area contributed by atoms with Crippen LogP contribution in [0.5, 0.6) is 0 Å². The number of methoxy groups -OCH3 is 1. The summed E-state index contributed by atoms with van der Waals surface area (Å²) in [6.07, 6.45) is 0. The summed E-state index contributed by atoms with van der Waals surface area (Å²) < 4.78 is 10.6. The molecule has 0 amide bonds. The third-order valence-electron chi connectivity index (χ3n) is 2.12. The van der Waals surface area contributed by atoms with Gasteiger partial charge in [-0.05, 0) is 24.3 Å². The van der Waals surface area contributed by atoms with Crippen LogP contribution in [0.15, 0.2) is 40.8 Å². The monoisotopic (exact) mass is 203 g/mol. The largest absolute Gasteiger partial charge is 0.459 e. The lowest BCUT2D eigenvalue weighted by atomic mass is 10.1. The molecule has 0 bridgehead atoms. The highest BCUT2D eigenvalue weighted by Crippen LogP contribution is 2.23. The van der Waals surface area contributed by atoms with Gasteiger partial charge in [0.1, 0.15) is 18.1 Å². The third kappa shape index (κ3) is 2.19. The number of ether oxygens (including phenoxy) is 1. The van der Waals surface area contributed by atoms with Gasteiger partial charge in [0.2, 0.25) is 0 Å². The van der Waals surface area contributed by atoms with E-state index < -0.39 is 0 Å². The predicted octanol–water partition coefficient (Wildman–Crippen LogP) is 2.68. The first-order valence-electron chi connectivity index (χ1n) is 4.73. The SMILES string of the molecule is COCc1ccc(-c2cccc(N)c2)o1. The van der Waals surface area contributed by atoms with Gasteiger partial charge in [0.25, 0.3) is 0 Å². The number of benzene rings is 1. The highest BCUT2D eigenvalue weighted by Gasteiger charge is 2.04. The molecular formula is C12H13NO2. The van der Waals surface area contributed by atoms with E-state index in [2.05, 4.69) is 0 Å². The zero-order chi connectivity index (χ0) is 10.7. The summed E-state index contributed by atoms with van der Waals surface area (Å²) in [7, 11) is 1.64. The normalized spacial score (nSPS) is 10.5. The zero-order valence-electron chi connectivity index (χ0n) is 8.57. The molecule has 3 nitrogen and oxygen atoms in total. The molecule has 1 aromatic carbocycles. The van der Waals surface area contributed by atoms with Crippen LogP contribution in [0, 0.1) is 0 Å². The van der Waals surface area contributed by atoms with E-state index in [0.29, 0.717) is 6.61 Å². The smallest absolute Gasteiger partial charge is 0.134 e. The van der Waals surface area contributed by atoms with E-state index in [1.165, 1.54) is 0 Å². The fourth-order valence-corrected chi connectivity index (χ4v) is 1.44. The number of furan rings is 1. The van der Waals surface area contributed by atoms with Crippen LogP contribution in [0.25, 0.3) is 11.3 Å². The van der Waals surface area contributed by atoms with E-state index in [1.807, 2.05) is 36.4 Å². The molecule has 0 unspecified atom stereocenters. The van der Waals surface area contributed by atoms with E-state index in [-0.39, 0.29) is 0 Å². The average Bonchev–Trinajstić information content (AvgIpc) is 2.67. The van der Waals surface area contributed by atoms with Gasteiger partial charge in [-0.3, -0.25) is 0 Å². The molecule has 2 rings (SSSR count). The minimum atomic E-state index is 0.488. The Hall–Kier alpha value is -1.74. The standard InChI is InChI=1S/C12H13NO2/c1-14-8-11-5-6-12(15-11)9-3-2-4-10(13)7-9/h2-7H,8,13H2,1H3. The third-order valence-corrected chi connectivity index (χ3v) is 2.12. The maximum absolute atomic E-state index is 5.70. The van der Waals surface area contributed by atoms with Gasteiger partial charge in [0, 0.05) is 18.4 Å². The molecule has 3 heteroatoms. The minimum Gasteiger partial charge on any atom is -0.459 e. The molecule has 1 aromatic heterocycles. The first kappa shape index (κ1) is 9.80. The Labute approximate surface area is 88.5 Å². The fraction of sp³-hybridized carbons (Fsp3) is 0.167. The fourth-order valence-electron chi connectivity index (χ4n) is 1.44. The van der Waals surface area contributed by atoms with Crippen molar-refractivity contribution in [1.29, 1.82) is 0 Å². The van der Waals surface area contributed by atoms with Crippen LogP contribution < -0.4 is 5.73 Å². The van der Waals surface area contributed by atoms with Crippen molar-refractivity contribution in [2.75, 3.05) is 12.8 Å². The Bertz CT molecular complexity index is 448. The van der Waals surface area contributed by atoms with Crippen LogP contribution in [0.3, 0.4) is 0 Å². The molecule has 78 valence electrons. The second-order valence-electron chi connectivity index (χ2n) is 3.32. The van der Waals surface area contributed by atoms with Crippen LogP contribution in [0.1, 0.15) is 5.76 Å². The van der Waals surface area contributed by atoms with Gasteiger partial charge >= 0.3 is 0 Å². The molecule has 0 aliphatic rings. The molecule has 0 radical (unpaired) electrons. The van der Waals surface area contributed by atoms with Crippen molar-refractivity contribution in [3.05, 3.63) is 42.2 Å². The van der Waals surface area contributed by atoms with Crippen molar-refractivity contribution in [3.8, 4) is 11.3 Å². The zero-order valence-corrected chi connectivity index (χ0v) is 8.57. The lowest BCUT2D eigenvalue weighted by Crippen LogP contribution is -1.84. The lowest BCUT2D eigenvalue weighted by Gasteiger charge is -1.98. The van der Waals surface area contributed by atoms with Gasteiger partial charge in [-0.15, -0.1) is 0 Å². The van der Waals surface area contributed by atoms with Crippen molar-refractivity contribution in [1.82, 2.24) is 0 Å². The van der Waals surface area contributed by atoms with E-state index in [1.54, 1.807) is 7.11 Å². The summed E-state index contributed by atoms with van der Waals surface area (Å²) in [5, 5.41) is 0. The number of nitrogens with two attached hydrogens (primary N) is 1. The van der Waals surface area contributed by atoms with Crippen molar-refractivity contribution >= 4 is 5.69 Å². The Morgan fingerprint density at radius 2 is 2.13 bits per heavy atom. The number of nitrogen functional groups attached to an aromatic ring is 1. The Kier molecular flexibility index (Phi) is 2.74. The molecule has 0 aliphatic carbocycles. The molecule has 15 heavy (non-hydrogen) atoms.